The maximum atomic E-state index is 5.37. The molecule has 0 saturated carbocycles. The van der Waals surface area contributed by atoms with Crippen LogP contribution >= 0.6 is 11.3 Å². The van der Waals surface area contributed by atoms with Crippen molar-refractivity contribution in [1.29, 1.82) is 0 Å². The van der Waals surface area contributed by atoms with E-state index in [0.717, 1.165) is 50.1 Å². The molecule has 0 bridgehead atoms. The Labute approximate surface area is 213 Å². The summed E-state index contributed by atoms with van der Waals surface area (Å²) in [5.74, 6) is 1.67. The molecule has 2 aromatic heterocycles. The fraction of sp³-hybridized carbons (Fsp3) is 0.0667. The number of fused-ring (bicyclic) bond motifs is 2. The lowest BCUT2D eigenvalue weighted by Crippen LogP contribution is -2.07. The van der Waals surface area contributed by atoms with E-state index in [0.29, 0.717) is 0 Å². The molecule has 6 aromatic rings. The van der Waals surface area contributed by atoms with Crippen molar-refractivity contribution in [2.75, 3.05) is 19.1 Å². The lowest BCUT2D eigenvalue weighted by Gasteiger charge is -2.14. The average molecular weight is 489 g/mol. The zero-order valence-corrected chi connectivity index (χ0v) is 20.8. The van der Waals surface area contributed by atoms with Crippen LogP contribution in [0.15, 0.2) is 103 Å². The zero-order valence-electron chi connectivity index (χ0n) is 20.0. The molecule has 176 valence electrons. The van der Waals surface area contributed by atoms with Crippen LogP contribution in [0.4, 0.5) is 5.69 Å². The van der Waals surface area contributed by atoms with Gasteiger partial charge in [0.25, 0.3) is 0 Å². The quantitative estimate of drug-likeness (QED) is 0.245. The number of anilines is 1. The molecule has 0 fully saturated rings. The molecule has 0 amide bonds. The molecule has 2 heterocycles. The normalized spacial score (nSPS) is 11.5. The highest BCUT2D eigenvalue weighted by Crippen LogP contribution is 2.33. The zero-order chi connectivity index (χ0) is 24.5. The third-order valence-electron chi connectivity index (χ3n) is 6.16. The van der Waals surface area contributed by atoms with Gasteiger partial charge in [-0.15, -0.1) is 11.3 Å². The van der Waals surface area contributed by atoms with Gasteiger partial charge in [-0.2, -0.15) is 0 Å². The van der Waals surface area contributed by atoms with Crippen molar-refractivity contribution in [3.05, 3.63) is 109 Å². The number of hydrogen-bond donors (Lipinski definition) is 0. The summed E-state index contributed by atoms with van der Waals surface area (Å²) < 4.78 is 8.73. The smallest absolute Gasteiger partial charge is 0.139 e. The summed E-state index contributed by atoms with van der Waals surface area (Å²) in [4.78, 5) is 12.0. The molecule has 0 radical (unpaired) electrons. The van der Waals surface area contributed by atoms with E-state index in [1.807, 2.05) is 49.6 Å². The van der Waals surface area contributed by atoms with Crippen molar-refractivity contribution in [3.63, 3.8) is 0 Å². The Balaban J connectivity index is 1.46. The molecule has 0 unspecified atom stereocenters. The Hall–Kier alpha value is -4.42. The van der Waals surface area contributed by atoms with Gasteiger partial charge in [0, 0.05) is 30.2 Å². The molecule has 0 aliphatic heterocycles. The number of imidazole rings is 1. The molecule has 0 saturated heterocycles. The lowest BCUT2D eigenvalue weighted by atomic mass is 10.2. The van der Waals surface area contributed by atoms with Crippen LogP contribution in [0.3, 0.4) is 0 Å². The van der Waals surface area contributed by atoms with Gasteiger partial charge in [0.05, 0.1) is 28.4 Å². The number of thiazole rings is 1. The summed E-state index contributed by atoms with van der Waals surface area (Å²) in [6, 6.07) is 33.0. The van der Waals surface area contributed by atoms with Crippen molar-refractivity contribution in [2.45, 2.75) is 0 Å². The van der Waals surface area contributed by atoms with E-state index < -0.39 is 0 Å². The van der Waals surface area contributed by atoms with Crippen molar-refractivity contribution in [3.8, 4) is 22.0 Å². The van der Waals surface area contributed by atoms with Crippen LogP contribution in [0.1, 0.15) is 5.82 Å². The predicted molar refractivity (Wildman–Crippen MR) is 150 cm³/mol. The number of para-hydroxylation sites is 2. The number of benzene rings is 4. The topological polar surface area (TPSA) is 43.2 Å². The van der Waals surface area contributed by atoms with Crippen molar-refractivity contribution in [1.82, 2.24) is 14.5 Å². The second-order valence-corrected chi connectivity index (χ2v) is 9.49. The number of hydrogen-bond acceptors (Lipinski definition) is 5. The summed E-state index contributed by atoms with van der Waals surface area (Å²) in [5, 5.41) is 0.998. The molecule has 36 heavy (non-hydrogen) atoms. The minimum absolute atomic E-state index is 0.821. The van der Waals surface area contributed by atoms with Gasteiger partial charge in [-0.3, -0.25) is 4.57 Å². The summed E-state index contributed by atoms with van der Waals surface area (Å²) in [7, 11) is 3.72. The largest absolute Gasteiger partial charge is 0.497 e. The molecular weight excluding hydrogens is 464 g/mol. The molecular formula is C30H24N4OS. The van der Waals surface area contributed by atoms with Gasteiger partial charge in [-0.25, -0.2) is 9.97 Å². The Morgan fingerprint density at radius 2 is 1.61 bits per heavy atom. The third-order valence-corrected chi connectivity index (χ3v) is 7.25. The minimum Gasteiger partial charge on any atom is -0.497 e. The maximum Gasteiger partial charge on any atom is 0.139 e. The van der Waals surface area contributed by atoms with E-state index in [9.17, 15) is 0 Å². The number of aromatic nitrogens is 3. The van der Waals surface area contributed by atoms with Crippen LogP contribution in [-0.2, 0) is 0 Å². The summed E-state index contributed by atoms with van der Waals surface area (Å²) in [6.45, 7) is 0. The first-order valence-electron chi connectivity index (χ1n) is 11.7. The molecule has 6 rings (SSSR count). The first-order chi connectivity index (χ1) is 17.7. The van der Waals surface area contributed by atoms with Gasteiger partial charge in [0.15, 0.2) is 0 Å². The standard InChI is InChI=1S/C30H24N4OS/c1-33(22-8-4-3-5-9-22)19-18-29-31-26-20-21(30-32-25-10-6-7-11-28(25)36-30)12-17-27(26)34(29)23-13-15-24(35-2)16-14-23/h3-20H,1-2H3/b19-18+. The molecule has 4 aromatic carbocycles. The predicted octanol–water partition coefficient (Wildman–Crippen LogP) is 7.42. The highest BCUT2D eigenvalue weighted by molar-refractivity contribution is 7.21. The Morgan fingerprint density at radius 3 is 2.39 bits per heavy atom. The van der Waals surface area contributed by atoms with Gasteiger partial charge in [0.2, 0.25) is 0 Å². The van der Waals surface area contributed by atoms with Crippen LogP contribution in [0.2, 0.25) is 0 Å². The monoisotopic (exact) mass is 488 g/mol. The highest BCUT2D eigenvalue weighted by Gasteiger charge is 2.14. The maximum absolute atomic E-state index is 5.37. The van der Waals surface area contributed by atoms with Gasteiger partial charge in [-0.05, 0) is 72.8 Å². The second kappa shape index (κ2) is 9.32. The van der Waals surface area contributed by atoms with Crippen molar-refractivity contribution < 1.29 is 4.74 Å². The van der Waals surface area contributed by atoms with Crippen molar-refractivity contribution >= 4 is 44.4 Å². The summed E-state index contributed by atoms with van der Waals surface area (Å²) in [5.41, 5.74) is 6.18. The van der Waals surface area contributed by atoms with Crippen LogP contribution in [-0.4, -0.2) is 28.7 Å². The van der Waals surface area contributed by atoms with E-state index >= 15 is 0 Å². The summed E-state index contributed by atoms with van der Waals surface area (Å²) in [6.07, 6.45) is 4.10. The summed E-state index contributed by atoms with van der Waals surface area (Å²) >= 11 is 1.70. The van der Waals surface area contributed by atoms with Gasteiger partial charge in [0.1, 0.15) is 16.6 Å². The Bertz CT molecular complexity index is 1650. The molecule has 6 heteroatoms. The van der Waals surface area contributed by atoms with E-state index in [4.69, 9.17) is 14.7 Å². The van der Waals surface area contributed by atoms with Crippen LogP contribution in [0.5, 0.6) is 5.75 Å². The van der Waals surface area contributed by atoms with Gasteiger partial charge < -0.3 is 9.64 Å². The molecule has 0 aliphatic carbocycles. The second-order valence-electron chi connectivity index (χ2n) is 8.46. The van der Waals surface area contributed by atoms with E-state index in [2.05, 4.69) is 76.2 Å². The SMILES string of the molecule is COc1ccc(-n2c(/C=C/N(C)c3ccccc3)nc3cc(-c4nc5ccccc5s4)ccc32)cc1. The van der Waals surface area contributed by atoms with E-state index in [-0.39, 0.29) is 0 Å². The molecule has 0 atom stereocenters. The number of rotatable bonds is 6. The van der Waals surface area contributed by atoms with E-state index in [1.165, 1.54) is 4.70 Å². The number of nitrogens with zero attached hydrogens (tertiary/aromatic N) is 4. The third kappa shape index (κ3) is 4.12. The van der Waals surface area contributed by atoms with E-state index in [1.54, 1.807) is 18.4 Å². The Kier molecular flexibility index (Phi) is 5.71. The van der Waals surface area contributed by atoms with Gasteiger partial charge >= 0.3 is 0 Å². The van der Waals surface area contributed by atoms with Crippen LogP contribution < -0.4 is 9.64 Å². The highest BCUT2D eigenvalue weighted by atomic mass is 32.1. The fourth-order valence-corrected chi connectivity index (χ4v) is 5.23. The van der Waals surface area contributed by atoms with Crippen molar-refractivity contribution in [2.24, 2.45) is 0 Å². The first-order valence-corrected chi connectivity index (χ1v) is 12.5. The fourth-order valence-electron chi connectivity index (χ4n) is 4.27. The number of ether oxygens (including phenoxy) is 1. The average Bonchev–Trinajstić information content (AvgIpc) is 3.53. The van der Waals surface area contributed by atoms with Crippen LogP contribution in [0.25, 0.3) is 43.6 Å². The molecule has 0 aliphatic rings. The molecule has 0 N–H and O–H groups in total. The van der Waals surface area contributed by atoms with Gasteiger partial charge in [-0.1, -0.05) is 30.3 Å². The Morgan fingerprint density at radius 1 is 0.833 bits per heavy atom. The minimum atomic E-state index is 0.821. The van der Waals surface area contributed by atoms with Crippen LogP contribution in [0, 0.1) is 0 Å². The molecule has 0 spiro atoms. The first kappa shape index (κ1) is 22.1. The molecule has 5 nitrogen and oxygen atoms in total. The lowest BCUT2D eigenvalue weighted by molar-refractivity contribution is 0.415. The number of methoxy groups -OCH3 is 1.